The second-order valence-corrected chi connectivity index (χ2v) is 9.03. The van der Waals surface area contributed by atoms with Gasteiger partial charge in [0.2, 0.25) is 29.5 Å². The van der Waals surface area contributed by atoms with Gasteiger partial charge in [0.05, 0.1) is 18.6 Å². The number of hydrogen-bond acceptors (Lipinski definition) is 8. The molecule has 5 unspecified atom stereocenters. The number of carbonyl (C=O) groups excluding carboxylic acids is 5. The van der Waals surface area contributed by atoms with Crippen LogP contribution in [0.5, 0.6) is 0 Å². The number of H-pyrrole nitrogens is 1. The Morgan fingerprint density at radius 3 is 2.15 bits per heavy atom. The van der Waals surface area contributed by atoms with Gasteiger partial charge in [0.25, 0.3) is 0 Å². The average Bonchev–Trinajstić information content (AvgIpc) is 3.26. The van der Waals surface area contributed by atoms with Crippen molar-refractivity contribution < 1.29 is 39.0 Å². The van der Waals surface area contributed by atoms with Crippen LogP contribution in [0.2, 0.25) is 0 Å². The molecule has 5 amide bonds. The van der Waals surface area contributed by atoms with E-state index in [2.05, 4.69) is 20.9 Å². The number of nitrogens with two attached hydrogens (primary N) is 3. The lowest BCUT2D eigenvalue weighted by atomic mass is 10.0. The molecule has 5 atom stereocenters. The lowest BCUT2D eigenvalue weighted by Gasteiger charge is -2.26. The molecule has 0 fully saturated rings. The molecule has 0 aliphatic heterocycles. The Labute approximate surface area is 222 Å². The highest BCUT2D eigenvalue weighted by atomic mass is 16.4. The van der Waals surface area contributed by atoms with E-state index in [4.69, 9.17) is 17.2 Å². The van der Waals surface area contributed by atoms with Crippen LogP contribution in [0.25, 0.3) is 10.9 Å². The molecule has 2 rings (SSSR count). The van der Waals surface area contributed by atoms with Crippen molar-refractivity contribution >= 4 is 46.4 Å². The number of fused-ring (bicyclic) bond motifs is 1. The summed E-state index contributed by atoms with van der Waals surface area (Å²) < 4.78 is 0. The number of aromatic amines is 1. The summed E-state index contributed by atoms with van der Waals surface area (Å²) in [6.45, 7) is 1.21. The van der Waals surface area contributed by atoms with Gasteiger partial charge in [-0.1, -0.05) is 18.2 Å². The van der Waals surface area contributed by atoms with Gasteiger partial charge < -0.3 is 48.3 Å². The second-order valence-electron chi connectivity index (χ2n) is 9.03. The number of benzene rings is 1. The van der Waals surface area contributed by atoms with Gasteiger partial charge in [-0.15, -0.1) is 0 Å². The van der Waals surface area contributed by atoms with Gasteiger partial charge in [-0.05, 0) is 25.0 Å². The standard InChI is InChI=1S/C24H33N7O8/c1-11(32)20(31-21(35)14(25)9-19(27)34)23(37)30-17(8-12-10-28-15-5-3-2-4-13(12)15)22(36)29-16(24(38)39)6-7-18(26)33/h2-5,10-11,14,16-17,20,28,32H,6-9,25H2,1H3,(H2,26,33)(H2,27,34)(H,29,36)(H,30,37)(H,31,35)(H,38,39). The molecule has 0 aliphatic carbocycles. The number of aliphatic hydroxyl groups is 1. The van der Waals surface area contributed by atoms with Crippen LogP contribution < -0.4 is 33.2 Å². The first-order valence-electron chi connectivity index (χ1n) is 12.0. The Bertz CT molecular complexity index is 1230. The number of carboxylic acids is 1. The molecule has 1 heterocycles. The number of carbonyl (C=O) groups is 6. The van der Waals surface area contributed by atoms with E-state index in [-0.39, 0.29) is 19.3 Å². The zero-order chi connectivity index (χ0) is 29.3. The van der Waals surface area contributed by atoms with Gasteiger partial charge in [-0.25, -0.2) is 4.79 Å². The van der Waals surface area contributed by atoms with Crippen LogP contribution in [0.15, 0.2) is 30.5 Å². The zero-order valence-corrected chi connectivity index (χ0v) is 21.2. The lowest BCUT2D eigenvalue weighted by Crippen LogP contribution is -2.60. The van der Waals surface area contributed by atoms with Gasteiger partial charge in [0.1, 0.15) is 18.1 Å². The number of rotatable bonds is 15. The number of aromatic nitrogens is 1. The molecule has 2 aromatic rings. The number of nitrogens with one attached hydrogen (secondary N) is 4. The highest BCUT2D eigenvalue weighted by Gasteiger charge is 2.33. The van der Waals surface area contributed by atoms with Gasteiger partial charge in [0, 0.05) is 29.9 Å². The molecular weight excluding hydrogens is 514 g/mol. The van der Waals surface area contributed by atoms with E-state index in [0.29, 0.717) is 5.56 Å². The third-order valence-electron chi connectivity index (χ3n) is 5.85. The number of aliphatic carboxylic acids is 1. The quantitative estimate of drug-likeness (QED) is 0.110. The van der Waals surface area contributed by atoms with Gasteiger partial charge in [-0.3, -0.25) is 24.0 Å². The van der Waals surface area contributed by atoms with E-state index in [0.717, 1.165) is 10.9 Å². The number of aliphatic hydroxyl groups excluding tert-OH is 1. The van der Waals surface area contributed by atoms with Crippen molar-refractivity contribution in [3.63, 3.8) is 0 Å². The molecule has 12 N–H and O–H groups in total. The number of primary amides is 2. The molecule has 39 heavy (non-hydrogen) atoms. The molecule has 0 radical (unpaired) electrons. The SMILES string of the molecule is CC(O)C(NC(=O)C(N)CC(N)=O)C(=O)NC(Cc1c[nH]c2ccccc12)C(=O)NC(CCC(N)=O)C(=O)O. The van der Waals surface area contributed by atoms with E-state index in [1.165, 1.54) is 6.92 Å². The van der Waals surface area contributed by atoms with Crippen molar-refractivity contribution in [1.29, 1.82) is 0 Å². The maximum absolute atomic E-state index is 13.2. The highest BCUT2D eigenvalue weighted by molar-refractivity contribution is 5.96. The lowest BCUT2D eigenvalue weighted by molar-refractivity contribution is -0.142. The van der Waals surface area contributed by atoms with E-state index in [9.17, 15) is 39.0 Å². The average molecular weight is 548 g/mol. The van der Waals surface area contributed by atoms with E-state index in [1.807, 2.05) is 0 Å². The molecule has 212 valence electrons. The van der Waals surface area contributed by atoms with E-state index >= 15 is 0 Å². The molecule has 1 aromatic carbocycles. The Kier molecular flexibility index (Phi) is 10.9. The van der Waals surface area contributed by atoms with Crippen LogP contribution in [0.1, 0.15) is 31.7 Å². The van der Waals surface area contributed by atoms with Crippen molar-refractivity contribution in [2.75, 3.05) is 0 Å². The third kappa shape index (κ3) is 9.08. The molecule has 0 bridgehead atoms. The molecule has 15 heteroatoms. The Balaban J connectivity index is 2.31. The summed E-state index contributed by atoms with van der Waals surface area (Å²) in [6, 6.07) is 1.32. The number of amides is 5. The van der Waals surface area contributed by atoms with Crippen LogP contribution in [0.3, 0.4) is 0 Å². The smallest absolute Gasteiger partial charge is 0.326 e. The minimum atomic E-state index is -1.58. The normalized spacial score (nSPS) is 14.8. The summed E-state index contributed by atoms with van der Waals surface area (Å²) in [6.07, 6.45) is -1.03. The molecule has 1 aromatic heterocycles. The first-order chi connectivity index (χ1) is 18.3. The predicted octanol–water partition coefficient (Wildman–Crippen LogP) is -2.90. The highest BCUT2D eigenvalue weighted by Crippen LogP contribution is 2.19. The van der Waals surface area contributed by atoms with Crippen LogP contribution in [0, 0.1) is 0 Å². The number of hydrogen-bond donors (Lipinski definition) is 9. The van der Waals surface area contributed by atoms with Crippen molar-refractivity contribution in [3.8, 4) is 0 Å². The fraction of sp³-hybridized carbons (Fsp3) is 0.417. The summed E-state index contributed by atoms with van der Waals surface area (Å²) in [5.74, 6) is -5.84. The summed E-state index contributed by atoms with van der Waals surface area (Å²) in [5.41, 5.74) is 17.1. The first kappa shape index (κ1) is 30.7. The second kappa shape index (κ2) is 13.9. The van der Waals surface area contributed by atoms with E-state index in [1.54, 1.807) is 30.5 Å². The monoisotopic (exact) mass is 547 g/mol. The fourth-order valence-electron chi connectivity index (χ4n) is 3.78. The summed E-state index contributed by atoms with van der Waals surface area (Å²) in [4.78, 5) is 75.6. The molecule has 0 spiro atoms. The van der Waals surface area contributed by atoms with Crippen molar-refractivity contribution in [1.82, 2.24) is 20.9 Å². The van der Waals surface area contributed by atoms with Crippen molar-refractivity contribution in [3.05, 3.63) is 36.0 Å². The molecule has 15 nitrogen and oxygen atoms in total. The van der Waals surface area contributed by atoms with Crippen LogP contribution in [0.4, 0.5) is 0 Å². The summed E-state index contributed by atoms with van der Waals surface area (Å²) in [7, 11) is 0. The van der Waals surface area contributed by atoms with Gasteiger partial charge in [0.15, 0.2) is 0 Å². The molecular formula is C24H33N7O8. The Hall–Kier alpha value is -4.50. The zero-order valence-electron chi connectivity index (χ0n) is 21.2. The fourth-order valence-corrected chi connectivity index (χ4v) is 3.78. The topological polar surface area (TPSA) is 273 Å². The van der Waals surface area contributed by atoms with Crippen LogP contribution in [-0.2, 0) is 35.2 Å². The van der Waals surface area contributed by atoms with Crippen molar-refractivity contribution in [2.24, 2.45) is 17.2 Å². The van der Waals surface area contributed by atoms with Crippen LogP contribution in [-0.4, -0.2) is 81.0 Å². The van der Waals surface area contributed by atoms with Crippen LogP contribution >= 0.6 is 0 Å². The molecule has 0 saturated heterocycles. The molecule has 0 aliphatic rings. The summed E-state index contributed by atoms with van der Waals surface area (Å²) in [5, 5.41) is 27.3. The third-order valence-corrected chi connectivity index (χ3v) is 5.85. The molecule has 0 saturated carbocycles. The Morgan fingerprint density at radius 1 is 0.923 bits per heavy atom. The largest absolute Gasteiger partial charge is 0.480 e. The van der Waals surface area contributed by atoms with Crippen molar-refractivity contribution in [2.45, 2.75) is 62.9 Å². The van der Waals surface area contributed by atoms with Gasteiger partial charge in [-0.2, -0.15) is 0 Å². The number of carboxylic acid groups (broad SMARTS) is 1. The van der Waals surface area contributed by atoms with Gasteiger partial charge >= 0.3 is 5.97 Å². The minimum absolute atomic E-state index is 0.106. The first-order valence-corrected chi connectivity index (χ1v) is 12.0. The maximum atomic E-state index is 13.2. The predicted molar refractivity (Wildman–Crippen MR) is 137 cm³/mol. The number of para-hydroxylation sites is 1. The summed E-state index contributed by atoms with van der Waals surface area (Å²) >= 11 is 0. The Morgan fingerprint density at radius 2 is 1.56 bits per heavy atom. The van der Waals surface area contributed by atoms with E-state index < -0.39 is 72.2 Å². The maximum Gasteiger partial charge on any atom is 0.326 e. The minimum Gasteiger partial charge on any atom is -0.480 e.